The molecule has 0 aliphatic carbocycles. The van der Waals surface area contributed by atoms with Crippen molar-refractivity contribution >= 4 is 46.8 Å². The van der Waals surface area contributed by atoms with Crippen LogP contribution in [0.2, 0.25) is 5.02 Å². The molecule has 136 valence electrons. The maximum atomic E-state index is 11.7. The fourth-order valence-corrected chi connectivity index (χ4v) is 2.02. The first kappa shape index (κ1) is 19.5. The van der Waals surface area contributed by atoms with Crippen LogP contribution >= 0.6 is 23.8 Å². The first-order valence-corrected chi connectivity index (χ1v) is 8.23. The standard InChI is InChI=1S/C17H16ClN3O4S/c1-11-9-13(4-6-14(11)18)25-10-16(23)20-21-17(26)19-15(22)7-5-12-3-2-8-24-12/h2-9H,10H2,1H3,(H,20,23)(H2,19,21,22,26). The fraction of sp³-hybridized carbons (Fsp3) is 0.118. The number of carbonyl (C=O) groups excluding carboxylic acids is 2. The number of aryl methyl sites for hydroxylation is 1. The number of benzene rings is 1. The molecule has 3 N–H and O–H groups in total. The van der Waals surface area contributed by atoms with Gasteiger partial charge in [0.05, 0.1) is 6.26 Å². The highest BCUT2D eigenvalue weighted by molar-refractivity contribution is 7.80. The zero-order valence-electron chi connectivity index (χ0n) is 13.7. The Morgan fingerprint density at radius 2 is 2.12 bits per heavy atom. The minimum atomic E-state index is -0.472. The zero-order valence-corrected chi connectivity index (χ0v) is 15.3. The molecule has 26 heavy (non-hydrogen) atoms. The number of carbonyl (C=O) groups is 2. The molecule has 0 fully saturated rings. The number of halogens is 1. The van der Waals surface area contributed by atoms with Crippen LogP contribution in [0.25, 0.3) is 6.08 Å². The van der Waals surface area contributed by atoms with Crippen LogP contribution in [0.5, 0.6) is 5.75 Å². The lowest BCUT2D eigenvalue weighted by atomic mass is 10.2. The van der Waals surface area contributed by atoms with E-state index in [2.05, 4.69) is 16.2 Å². The van der Waals surface area contributed by atoms with E-state index in [-0.39, 0.29) is 11.7 Å². The van der Waals surface area contributed by atoms with Gasteiger partial charge >= 0.3 is 0 Å². The highest BCUT2D eigenvalue weighted by atomic mass is 35.5. The molecule has 0 bridgehead atoms. The number of amides is 2. The number of rotatable bonds is 5. The molecule has 0 aliphatic heterocycles. The van der Waals surface area contributed by atoms with Crippen LogP contribution in [0.4, 0.5) is 0 Å². The monoisotopic (exact) mass is 393 g/mol. The molecule has 2 rings (SSSR count). The summed E-state index contributed by atoms with van der Waals surface area (Å²) in [5, 5.41) is 2.92. The van der Waals surface area contributed by atoms with Crippen molar-refractivity contribution in [2.24, 2.45) is 0 Å². The smallest absolute Gasteiger partial charge is 0.276 e. The fourth-order valence-electron chi connectivity index (χ4n) is 1.75. The van der Waals surface area contributed by atoms with Gasteiger partial charge in [-0.15, -0.1) is 0 Å². The first-order chi connectivity index (χ1) is 12.4. The van der Waals surface area contributed by atoms with Gasteiger partial charge in [0.1, 0.15) is 11.5 Å². The average Bonchev–Trinajstić information content (AvgIpc) is 3.13. The number of hydrogen-bond donors (Lipinski definition) is 3. The zero-order chi connectivity index (χ0) is 18.9. The van der Waals surface area contributed by atoms with Crippen molar-refractivity contribution in [3.05, 3.63) is 59.0 Å². The first-order valence-electron chi connectivity index (χ1n) is 7.44. The quantitative estimate of drug-likeness (QED) is 0.410. The lowest BCUT2D eigenvalue weighted by Gasteiger charge is -2.11. The van der Waals surface area contributed by atoms with Gasteiger partial charge < -0.3 is 9.15 Å². The van der Waals surface area contributed by atoms with Crippen LogP contribution in [-0.4, -0.2) is 23.5 Å². The van der Waals surface area contributed by atoms with Gasteiger partial charge in [-0.25, -0.2) is 0 Å². The summed E-state index contributed by atoms with van der Waals surface area (Å²) in [4.78, 5) is 23.4. The van der Waals surface area contributed by atoms with Crippen LogP contribution in [0.1, 0.15) is 11.3 Å². The Hall–Kier alpha value is -2.84. The van der Waals surface area contributed by atoms with E-state index in [0.717, 1.165) is 5.56 Å². The number of furan rings is 1. The van der Waals surface area contributed by atoms with E-state index in [1.807, 2.05) is 6.92 Å². The number of hydrogen-bond acceptors (Lipinski definition) is 5. The number of hydrazine groups is 1. The van der Waals surface area contributed by atoms with Gasteiger partial charge in [-0.2, -0.15) is 0 Å². The second-order valence-electron chi connectivity index (χ2n) is 5.04. The van der Waals surface area contributed by atoms with Crippen LogP contribution in [0, 0.1) is 6.92 Å². The van der Waals surface area contributed by atoms with Gasteiger partial charge in [-0.3, -0.25) is 25.8 Å². The minimum absolute atomic E-state index is 0.0604. The van der Waals surface area contributed by atoms with E-state index >= 15 is 0 Å². The molecule has 0 atom stereocenters. The summed E-state index contributed by atoms with van der Waals surface area (Å²) in [6.07, 6.45) is 4.23. The number of ether oxygens (including phenoxy) is 1. The highest BCUT2D eigenvalue weighted by Gasteiger charge is 2.06. The molecule has 0 aliphatic rings. The third-order valence-electron chi connectivity index (χ3n) is 2.99. The average molecular weight is 394 g/mol. The van der Waals surface area contributed by atoms with Gasteiger partial charge in [0, 0.05) is 11.1 Å². The van der Waals surface area contributed by atoms with Crippen LogP contribution < -0.4 is 20.9 Å². The van der Waals surface area contributed by atoms with E-state index in [1.165, 1.54) is 18.4 Å². The summed E-state index contributed by atoms with van der Waals surface area (Å²) in [5.41, 5.74) is 5.56. The number of nitrogens with one attached hydrogen (secondary N) is 3. The van der Waals surface area contributed by atoms with E-state index in [4.69, 9.17) is 33.0 Å². The Balaban J connectivity index is 1.68. The molecule has 1 aromatic carbocycles. The van der Waals surface area contributed by atoms with Gasteiger partial charge in [-0.1, -0.05) is 11.6 Å². The van der Waals surface area contributed by atoms with E-state index in [1.54, 1.807) is 30.3 Å². The molecular weight excluding hydrogens is 378 g/mol. The van der Waals surface area contributed by atoms with Crippen molar-refractivity contribution in [2.45, 2.75) is 6.92 Å². The topological polar surface area (TPSA) is 92.6 Å². The largest absolute Gasteiger partial charge is 0.484 e. The van der Waals surface area contributed by atoms with Crippen molar-refractivity contribution in [3.8, 4) is 5.75 Å². The van der Waals surface area contributed by atoms with Crippen molar-refractivity contribution in [1.29, 1.82) is 0 Å². The Bertz CT molecular complexity index is 821. The summed E-state index contributed by atoms with van der Waals surface area (Å²) in [7, 11) is 0. The van der Waals surface area contributed by atoms with Crippen LogP contribution in [0.3, 0.4) is 0 Å². The van der Waals surface area contributed by atoms with Crippen LogP contribution in [-0.2, 0) is 9.59 Å². The van der Waals surface area contributed by atoms with E-state index < -0.39 is 11.8 Å². The molecular formula is C17H16ClN3O4S. The molecule has 0 saturated heterocycles. The Morgan fingerprint density at radius 1 is 1.31 bits per heavy atom. The SMILES string of the molecule is Cc1cc(OCC(=O)NNC(=S)NC(=O)C=Cc2ccco2)ccc1Cl. The molecule has 7 nitrogen and oxygen atoms in total. The summed E-state index contributed by atoms with van der Waals surface area (Å²) in [6.45, 7) is 1.60. The number of thiocarbonyl (C=S) groups is 1. The Labute approximate surface area is 160 Å². The van der Waals surface area contributed by atoms with Gasteiger partial charge in [0.15, 0.2) is 11.7 Å². The lowest BCUT2D eigenvalue weighted by Crippen LogP contribution is -2.49. The predicted octanol–water partition coefficient (Wildman–Crippen LogP) is 2.36. The normalized spacial score (nSPS) is 10.4. The second kappa shape index (κ2) is 9.59. The Morgan fingerprint density at radius 3 is 2.81 bits per heavy atom. The summed E-state index contributed by atoms with van der Waals surface area (Å²) >= 11 is 10.8. The molecule has 2 aromatic rings. The summed E-state index contributed by atoms with van der Waals surface area (Å²) in [6, 6.07) is 8.46. The molecule has 2 amide bonds. The summed E-state index contributed by atoms with van der Waals surface area (Å²) < 4.78 is 10.4. The third-order valence-corrected chi connectivity index (χ3v) is 3.62. The van der Waals surface area contributed by atoms with Crippen molar-refractivity contribution in [1.82, 2.24) is 16.2 Å². The predicted molar refractivity (Wildman–Crippen MR) is 101 cm³/mol. The summed E-state index contributed by atoms with van der Waals surface area (Å²) in [5.74, 6) is 0.101. The van der Waals surface area contributed by atoms with Gasteiger partial charge in [-0.05, 0) is 61.1 Å². The highest BCUT2D eigenvalue weighted by Crippen LogP contribution is 2.20. The molecule has 0 unspecified atom stereocenters. The molecule has 9 heteroatoms. The van der Waals surface area contributed by atoms with E-state index in [0.29, 0.717) is 16.5 Å². The van der Waals surface area contributed by atoms with Crippen LogP contribution in [0.15, 0.2) is 47.1 Å². The second-order valence-corrected chi connectivity index (χ2v) is 5.86. The molecule has 0 saturated carbocycles. The Kier molecular flexibility index (Phi) is 7.19. The maximum absolute atomic E-state index is 11.7. The van der Waals surface area contributed by atoms with Gasteiger partial charge in [0.25, 0.3) is 5.91 Å². The van der Waals surface area contributed by atoms with Crippen molar-refractivity contribution in [3.63, 3.8) is 0 Å². The molecule has 0 spiro atoms. The van der Waals surface area contributed by atoms with E-state index in [9.17, 15) is 9.59 Å². The maximum Gasteiger partial charge on any atom is 0.276 e. The lowest BCUT2D eigenvalue weighted by molar-refractivity contribution is -0.123. The van der Waals surface area contributed by atoms with Crippen molar-refractivity contribution < 1.29 is 18.7 Å². The van der Waals surface area contributed by atoms with Crippen molar-refractivity contribution in [2.75, 3.05) is 6.61 Å². The van der Waals surface area contributed by atoms with Gasteiger partial charge in [0.2, 0.25) is 5.91 Å². The molecule has 0 radical (unpaired) electrons. The molecule has 1 heterocycles. The molecule has 1 aromatic heterocycles. The minimum Gasteiger partial charge on any atom is -0.484 e. The third kappa shape index (κ3) is 6.58.